The summed E-state index contributed by atoms with van der Waals surface area (Å²) in [6, 6.07) is 10.8. The lowest BCUT2D eigenvalue weighted by atomic mass is 9.94. The molecule has 0 radical (unpaired) electrons. The normalized spacial score (nSPS) is 16.7. The van der Waals surface area contributed by atoms with Crippen LogP contribution in [0.4, 0.5) is 4.39 Å². The van der Waals surface area contributed by atoms with Crippen LogP contribution in [0.25, 0.3) is 0 Å². The van der Waals surface area contributed by atoms with Crippen LogP contribution < -0.4 is 0 Å². The molecule has 178 valence electrons. The van der Waals surface area contributed by atoms with Crippen molar-refractivity contribution < 1.29 is 14.0 Å². The van der Waals surface area contributed by atoms with Crippen LogP contribution in [0.1, 0.15) is 70.1 Å². The molecule has 0 bridgehead atoms. The van der Waals surface area contributed by atoms with Gasteiger partial charge in [0.15, 0.2) is 0 Å². The fourth-order valence-corrected chi connectivity index (χ4v) is 4.84. The maximum absolute atomic E-state index is 13.6. The standard InChI is InChI=1S/C27H36FN3O2/c1-20(2)30(27(33)22-12-13-22)19-26(32)31(24-7-4-3-5-8-24)18-25-9-6-16-29(25)17-21-10-14-23(28)15-11-21/h6,9-11,14-16,20,22,24H,3-5,7-8,12-13,17-19H2,1-2H3. The van der Waals surface area contributed by atoms with Crippen LogP contribution in [-0.4, -0.2) is 44.8 Å². The third-order valence-corrected chi connectivity index (χ3v) is 7.00. The third kappa shape index (κ3) is 6.04. The highest BCUT2D eigenvalue weighted by molar-refractivity contribution is 5.87. The van der Waals surface area contributed by atoms with E-state index in [-0.39, 0.29) is 42.2 Å². The molecule has 2 fully saturated rings. The number of benzene rings is 1. The highest BCUT2D eigenvalue weighted by Crippen LogP contribution is 2.32. The number of halogens is 1. The largest absolute Gasteiger partial charge is 0.345 e. The minimum Gasteiger partial charge on any atom is -0.345 e. The van der Waals surface area contributed by atoms with Gasteiger partial charge in [0.1, 0.15) is 12.4 Å². The fourth-order valence-electron chi connectivity index (χ4n) is 4.84. The van der Waals surface area contributed by atoms with Crippen molar-refractivity contribution in [2.45, 2.75) is 84.0 Å². The van der Waals surface area contributed by atoms with Gasteiger partial charge in [-0.05, 0) is 69.4 Å². The summed E-state index contributed by atoms with van der Waals surface area (Å²) >= 11 is 0. The van der Waals surface area contributed by atoms with Crippen LogP contribution in [0.5, 0.6) is 0 Å². The Bertz CT molecular complexity index is 943. The Morgan fingerprint density at radius 3 is 2.36 bits per heavy atom. The SMILES string of the molecule is CC(C)N(CC(=O)N(Cc1cccn1Cc1ccc(F)cc1)C1CCCCC1)C(=O)C1CC1. The van der Waals surface area contributed by atoms with Crippen molar-refractivity contribution in [3.05, 3.63) is 59.7 Å². The zero-order valence-corrected chi connectivity index (χ0v) is 19.9. The highest BCUT2D eigenvalue weighted by Gasteiger charge is 2.36. The Morgan fingerprint density at radius 1 is 1.03 bits per heavy atom. The Morgan fingerprint density at radius 2 is 1.73 bits per heavy atom. The van der Waals surface area contributed by atoms with Crippen molar-refractivity contribution in [3.8, 4) is 0 Å². The number of amides is 2. The number of rotatable bonds is 9. The number of carbonyl (C=O) groups excluding carboxylic acids is 2. The molecule has 0 atom stereocenters. The lowest BCUT2D eigenvalue weighted by molar-refractivity contribution is -0.144. The van der Waals surface area contributed by atoms with Gasteiger partial charge in [-0.1, -0.05) is 31.4 Å². The van der Waals surface area contributed by atoms with Crippen LogP contribution in [0.2, 0.25) is 0 Å². The van der Waals surface area contributed by atoms with E-state index >= 15 is 0 Å². The van der Waals surface area contributed by atoms with Gasteiger partial charge in [0, 0.05) is 36.4 Å². The van der Waals surface area contributed by atoms with Gasteiger partial charge in [-0.15, -0.1) is 0 Å². The second kappa shape index (κ2) is 10.5. The molecule has 0 N–H and O–H groups in total. The lowest BCUT2D eigenvalue weighted by Crippen LogP contribution is -2.49. The summed E-state index contributed by atoms with van der Waals surface area (Å²) in [5.74, 6) is 0.0352. The summed E-state index contributed by atoms with van der Waals surface area (Å²) in [5, 5.41) is 0. The Hall–Kier alpha value is -2.63. The van der Waals surface area contributed by atoms with Crippen molar-refractivity contribution >= 4 is 11.8 Å². The monoisotopic (exact) mass is 453 g/mol. The molecule has 2 aromatic rings. The molecular formula is C27H36FN3O2. The van der Waals surface area contributed by atoms with E-state index in [4.69, 9.17) is 0 Å². The van der Waals surface area contributed by atoms with Crippen LogP contribution in [-0.2, 0) is 22.7 Å². The first-order valence-corrected chi connectivity index (χ1v) is 12.4. The summed E-state index contributed by atoms with van der Waals surface area (Å²) in [6.45, 7) is 5.30. The molecule has 33 heavy (non-hydrogen) atoms. The average Bonchev–Trinajstić information content (AvgIpc) is 3.58. The molecule has 4 rings (SSSR count). The Labute approximate surface area is 196 Å². The Balaban J connectivity index is 1.51. The minimum atomic E-state index is -0.240. The molecule has 6 heteroatoms. The van der Waals surface area contributed by atoms with E-state index in [0.717, 1.165) is 49.8 Å². The molecule has 0 saturated heterocycles. The van der Waals surface area contributed by atoms with E-state index in [1.807, 2.05) is 31.0 Å². The first-order valence-electron chi connectivity index (χ1n) is 12.4. The maximum atomic E-state index is 13.6. The summed E-state index contributed by atoms with van der Waals surface area (Å²) in [5.41, 5.74) is 2.08. The van der Waals surface area contributed by atoms with Crippen molar-refractivity contribution in [1.29, 1.82) is 0 Å². The smallest absolute Gasteiger partial charge is 0.242 e. The molecular weight excluding hydrogens is 417 g/mol. The summed E-state index contributed by atoms with van der Waals surface area (Å²) < 4.78 is 15.4. The second-order valence-corrected chi connectivity index (χ2v) is 9.90. The van der Waals surface area contributed by atoms with Gasteiger partial charge in [-0.25, -0.2) is 4.39 Å². The Kier molecular flexibility index (Phi) is 7.51. The highest BCUT2D eigenvalue weighted by atomic mass is 19.1. The van der Waals surface area contributed by atoms with Crippen LogP contribution in [0.3, 0.4) is 0 Å². The van der Waals surface area contributed by atoms with E-state index in [2.05, 4.69) is 10.6 Å². The second-order valence-electron chi connectivity index (χ2n) is 9.90. The van der Waals surface area contributed by atoms with E-state index in [1.165, 1.54) is 18.6 Å². The molecule has 1 aromatic heterocycles. The number of hydrogen-bond donors (Lipinski definition) is 0. The molecule has 2 aliphatic carbocycles. The number of hydrogen-bond acceptors (Lipinski definition) is 2. The van der Waals surface area contributed by atoms with Crippen LogP contribution in [0, 0.1) is 11.7 Å². The van der Waals surface area contributed by atoms with E-state index in [1.54, 1.807) is 17.0 Å². The van der Waals surface area contributed by atoms with Crippen LogP contribution >= 0.6 is 0 Å². The predicted molar refractivity (Wildman–Crippen MR) is 127 cm³/mol. The zero-order valence-electron chi connectivity index (χ0n) is 19.9. The summed E-state index contributed by atoms with van der Waals surface area (Å²) in [6.07, 6.45) is 9.43. The third-order valence-electron chi connectivity index (χ3n) is 7.00. The van der Waals surface area contributed by atoms with Gasteiger partial charge in [0.25, 0.3) is 0 Å². The van der Waals surface area contributed by atoms with Crippen molar-refractivity contribution in [3.63, 3.8) is 0 Å². The molecule has 2 saturated carbocycles. The lowest BCUT2D eigenvalue weighted by Gasteiger charge is -2.37. The van der Waals surface area contributed by atoms with Gasteiger partial charge >= 0.3 is 0 Å². The molecule has 0 aliphatic heterocycles. The van der Waals surface area contributed by atoms with Crippen molar-refractivity contribution in [1.82, 2.24) is 14.4 Å². The molecule has 2 aliphatic rings. The van der Waals surface area contributed by atoms with Gasteiger partial charge in [-0.3, -0.25) is 9.59 Å². The molecule has 2 amide bonds. The predicted octanol–water partition coefficient (Wildman–Crippen LogP) is 4.98. The summed E-state index contributed by atoms with van der Waals surface area (Å²) in [4.78, 5) is 30.2. The molecule has 1 heterocycles. The summed E-state index contributed by atoms with van der Waals surface area (Å²) in [7, 11) is 0. The van der Waals surface area contributed by atoms with E-state index in [9.17, 15) is 14.0 Å². The molecule has 0 spiro atoms. The van der Waals surface area contributed by atoms with Gasteiger partial charge < -0.3 is 14.4 Å². The number of aromatic nitrogens is 1. The first kappa shape index (κ1) is 23.5. The van der Waals surface area contributed by atoms with E-state index in [0.29, 0.717) is 13.1 Å². The van der Waals surface area contributed by atoms with Gasteiger partial charge in [0.05, 0.1) is 6.54 Å². The minimum absolute atomic E-state index is 0.0117. The zero-order chi connectivity index (χ0) is 23.4. The van der Waals surface area contributed by atoms with Gasteiger partial charge in [-0.2, -0.15) is 0 Å². The van der Waals surface area contributed by atoms with Crippen molar-refractivity contribution in [2.75, 3.05) is 6.54 Å². The molecule has 1 aromatic carbocycles. The number of nitrogens with zero attached hydrogens (tertiary/aromatic N) is 3. The first-order chi connectivity index (χ1) is 15.9. The maximum Gasteiger partial charge on any atom is 0.242 e. The molecule has 5 nitrogen and oxygen atoms in total. The van der Waals surface area contributed by atoms with Crippen LogP contribution in [0.15, 0.2) is 42.6 Å². The number of carbonyl (C=O) groups is 2. The van der Waals surface area contributed by atoms with Crippen molar-refractivity contribution in [2.24, 2.45) is 5.92 Å². The van der Waals surface area contributed by atoms with E-state index < -0.39 is 0 Å². The van der Waals surface area contributed by atoms with Gasteiger partial charge in [0.2, 0.25) is 11.8 Å². The fraction of sp³-hybridized carbons (Fsp3) is 0.556. The average molecular weight is 454 g/mol. The topological polar surface area (TPSA) is 45.6 Å². The quantitative estimate of drug-likeness (QED) is 0.537. The molecule has 0 unspecified atom stereocenters.